The lowest BCUT2D eigenvalue weighted by molar-refractivity contribution is 0.0696. The van der Waals surface area contributed by atoms with E-state index in [0.29, 0.717) is 29.1 Å². The SMILES string of the molecule is COc1ccc(-c2ccc(C(=O)O)cc2COc2ccc(-c3nc4cc(-c5nn[nH]n5)ccc4n3C3CCCCC3)cc2)cc1OC. The normalized spacial score (nSPS) is 13.5. The van der Waals surface area contributed by atoms with Crippen LogP contribution in [0.25, 0.3) is 44.9 Å². The van der Waals surface area contributed by atoms with Crippen molar-refractivity contribution in [2.75, 3.05) is 14.2 Å². The summed E-state index contributed by atoms with van der Waals surface area (Å²) >= 11 is 0. The van der Waals surface area contributed by atoms with Crippen molar-refractivity contribution < 1.29 is 24.1 Å². The Kier molecular flexibility index (Phi) is 8.26. The summed E-state index contributed by atoms with van der Waals surface area (Å²) in [5, 5.41) is 24.2. The van der Waals surface area contributed by atoms with Crippen molar-refractivity contribution in [3.63, 3.8) is 0 Å². The minimum absolute atomic E-state index is 0.170. The number of H-pyrrole nitrogens is 1. The standard InChI is InChI=1S/C36H34N6O5/c1-45-32-17-12-23(20-33(32)46-2)29-15-10-25(36(43)44)18-26(29)21-47-28-13-8-22(9-14-28)35-37-30-19-24(34-38-40-41-39-34)11-16-31(30)42(35)27-6-4-3-5-7-27/h8-20,27H,3-7,21H2,1-2H3,(H,43,44)(H,38,39,40,41). The minimum atomic E-state index is -1.00. The summed E-state index contributed by atoms with van der Waals surface area (Å²) in [5.41, 5.74) is 6.43. The van der Waals surface area contributed by atoms with Crippen LogP contribution in [0.4, 0.5) is 0 Å². The highest BCUT2D eigenvalue weighted by molar-refractivity contribution is 5.89. The molecule has 238 valence electrons. The third-order valence-electron chi connectivity index (χ3n) is 8.79. The van der Waals surface area contributed by atoms with Gasteiger partial charge in [-0.3, -0.25) is 0 Å². The summed E-state index contributed by atoms with van der Waals surface area (Å²) in [6.45, 7) is 0.170. The quantitative estimate of drug-likeness (QED) is 0.159. The average Bonchev–Trinajstić information content (AvgIpc) is 3.79. The molecule has 6 aromatic rings. The fraction of sp³-hybridized carbons (Fsp3) is 0.250. The fourth-order valence-corrected chi connectivity index (χ4v) is 6.43. The highest BCUT2D eigenvalue weighted by Crippen LogP contribution is 2.38. The largest absolute Gasteiger partial charge is 0.493 e. The van der Waals surface area contributed by atoms with Crippen molar-refractivity contribution in [1.29, 1.82) is 0 Å². The van der Waals surface area contributed by atoms with E-state index in [2.05, 4.69) is 31.3 Å². The van der Waals surface area contributed by atoms with Crippen molar-refractivity contribution in [3.8, 4) is 51.2 Å². The Morgan fingerprint density at radius 1 is 0.872 bits per heavy atom. The van der Waals surface area contributed by atoms with Crippen LogP contribution in [-0.4, -0.2) is 55.5 Å². The first-order chi connectivity index (χ1) is 23.0. The Morgan fingerprint density at radius 3 is 2.36 bits per heavy atom. The van der Waals surface area contributed by atoms with Crippen LogP contribution in [0.3, 0.4) is 0 Å². The maximum absolute atomic E-state index is 11.8. The summed E-state index contributed by atoms with van der Waals surface area (Å²) in [6, 6.07) is 25.1. The van der Waals surface area contributed by atoms with Gasteiger partial charge in [0.15, 0.2) is 11.5 Å². The third kappa shape index (κ3) is 5.99. The number of imidazole rings is 1. The van der Waals surface area contributed by atoms with Crippen LogP contribution >= 0.6 is 0 Å². The van der Waals surface area contributed by atoms with Gasteiger partial charge in [-0.1, -0.05) is 31.4 Å². The molecule has 47 heavy (non-hydrogen) atoms. The number of rotatable bonds is 10. The first kappa shape index (κ1) is 30.0. The van der Waals surface area contributed by atoms with E-state index in [9.17, 15) is 9.90 Å². The van der Waals surface area contributed by atoms with Gasteiger partial charge in [0.2, 0.25) is 5.82 Å². The second kappa shape index (κ2) is 13.0. The maximum atomic E-state index is 11.8. The van der Waals surface area contributed by atoms with Crippen LogP contribution in [0.5, 0.6) is 17.2 Å². The van der Waals surface area contributed by atoms with E-state index in [1.54, 1.807) is 32.4 Å². The number of fused-ring (bicyclic) bond motifs is 1. The molecule has 0 aliphatic heterocycles. The van der Waals surface area contributed by atoms with E-state index in [0.717, 1.165) is 57.5 Å². The predicted octanol–water partition coefficient (Wildman–Crippen LogP) is 7.35. The Balaban J connectivity index is 1.19. The smallest absolute Gasteiger partial charge is 0.335 e. The molecule has 0 atom stereocenters. The van der Waals surface area contributed by atoms with Gasteiger partial charge in [-0.15, -0.1) is 10.2 Å². The van der Waals surface area contributed by atoms with Crippen LogP contribution in [0, 0.1) is 0 Å². The fourth-order valence-electron chi connectivity index (χ4n) is 6.43. The van der Waals surface area contributed by atoms with Crippen LogP contribution in [0.15, 0.2) is 78.9 Å². The first-order valence-corrected chi connectivity index (χ1v) is 15.6. The summed E-state index contributed by atoms with van der Waals surface area (Å²) < 4.78 is 19.5. The summed E-state index contributed by atoms with van der Waals surface area (Å²) in [5.74, 6) is 2.30. The van der Waals surface area contributed by atoms with E-state index >= 15 is 0 Å². The molecule has 0 bridgehead atoms. The Labute approximate surface area is 271 Å². The van der Waals surface area contributed by atoms with Crippen LogP contribution in [0.2, 0.25) is 0 Å². The molecule has 11 nitrogen and oxygen atoms in total. The van der Waals surface area contributed by atoms with Gasteiger partial charge in [-0.05, 0) is 101 Å². The van der Waals surface area contributed by atoms with Crippen LogP contribution < -0.4 is 14.2 Å². The number of carboxylic acids is 1. The van der Waals surface area contributed by atoms with Gasteiger partial charge in [-0.2, -0.15) is 5.21 Å². The number of hydrogen-bond acceptors (Lipinski definition) is 8. The van der Waals surface area contributed by atoms with Gasteiger partial charge < -0.3 is 23.9 Å². The van der Waals surface area contributed by atoms with Gasteiger partial charge >= 0.3 is 5.97 Å². The Hall–Kier alpha value is -5.71. The highest BCUT2D eigenvalue weighted by atomic mass is 16.5. The zero-order valence-electron chi connectivity index (χ0n) is 26.1. The monoisotopic (exact) mass is 630 g/mol. The second-order valence-corrected chi connectivity index (χ2v) is 11.6. The molecule has 0 radical (unpaired) electrons. The molecule has 2 aromatic heterocycles. The lowest BCUT2D eigenvalue weighted by atomic mass is 9.95. The van der Waals surface area contributed by atoms with Gasteiger partial charge in [-0.25, -0.2) is 9.78 Å². The molecule has 2 heterocycles. The molecule has 0 spiro atoms. The Morgan fingerprint density at radius 2 is 1.64 bits per heavy atom. The van der Waals surface area contributed by atoms with Gasteiger partial charge in [0.1, 0.15) is 18.2 Å². The number of carbonyl (C=O) groups is 1. The number of aromatic amines is 1. The third-order valence-corrected chi connectivity index (χ3v) is 8.79. The van der Waals surface area contributed by atoms with E-state index in [-0.39, 0.29) is 12.2 Å². The molecule has 0 unspecified atom stereocenters. The number of aromatic nitrogens is 6. The van der Waals surface area contributed by atoms with E-state index < -0.39 is 5.97 Å². The number of methoxy groups -OCH3 is 2. The molecule has 1 aliphatic rings. The maximum Gasteiger partial charge on any atom is 0.335 e. The molecule has 4 aromatic carbocycles. The van der Waals surface area contributed by atoms with Gasteiger partial charge in [0.25, 0.3) is 0 Å². The summed E-state index contributed by atoms with van der Waals surface area (Å²) in [4.78, 5) is 16.9. The molecule has 11 heteroatoms. The molecule has 1 aliphatic carbocycles. The van der Waals surface area contributed by atoms with Crippen molar-refractivity contribution in [3.05, 3.63) is 90.0 Å². The van der Waals surface area contributed by atoms with Crippen molar-refractivity contribution in [2.24, 2.45) is 0 Å². The van der Waals surface area contributed by atoms with Gasteiger partial charge in [0.05, 0.1) is 30.8 Å². The lowest BCUT2D eigenvalue weighted by Crippen LogP contribution is -2.14. The molecule has 1 fully saturated rings. The predicted molar refractivity (Wildman–Crippen MR) is 177 cm³/mol. The minimum Gasteiger partial charge on any atom is -0.493 e. The first-order valence-electron chi connectivity index (χ1n) is 15.6. The molecule has 2 N–H and O–H groups in total. The molecule has 7 rings (SSSR count). The summed E-state index contributed by atoms with van der Waals surface area (Å²) in [6.07, 6.45) is 5.89. The number of nitrogens with zero attached hydrogens (tertiary/aromatic N) is 5. The number of carboxylic acid groups (broad SMARTS) is 1. The topological polar surface area (TPSA) is 137 Å². The molecule has 1 saturated carbocycles. The number of aromatic carboxylic acids is 1. The average molecular weight is 631 g/mol. The second-order valence-electron chi connectivity index (χ2n) is 11.6. The van der Waals surface area contributed by atoms with Gasteiger partial charge in [0, 0.05) is 17.2 Å². The number of tetrazole rings is 1. The highest BCUT2D eigenvalue weighted by Gasteiger charge is 2.23. The zero-order valence-corrected chi connectivity index (χ0v) is 26.1. The van der Waals surface area contributed by atoms with Crippen LogP contribution in [-0.2, 0) is 6.61 Å². The molecule has 0 amide bonds. The van der Waals surface area contributed by atoms with E-state index in [1.807, 2.05) is 54.6 Å². The van der Waals surface area contributed by atoms with Crippen LogP contribution in [0.1, 0.15) is 54.1 Å². The van der Waals surface area contributed by atoms with Crippen molar-refractivity contribution in [2.45, 2.75) is 44.8 Å². The molecule has 0 saturated heterocycles. The zero-order chi connectivity index (χ0) is 32.3. The van der Waals surface area contributed by atoms with E-state index in [4.69, 9.17) is 19.2 Å². The Bertz CT molecular complexity index is 2030. The number of hydrogen-bond donors (Lipinski definition) is 2. The van der Waals surface area contributed by atoms with Crippen molar-refractivity contribution in [1.82, 2.24) is 30.2 Å². The lowest BCUT2D eigenvalue weighted by Gasteiger charge is -2.25. The molecular weight excluding hydrogens is 596 g/mol. The van der Waals surface area contributed by atoms with E-state index in [1.165, 1.54) is 19.3 Å². The summed E-state index contributed by atoms with van der Waals surface area (Å²) in [7, 11) is 3.17. The van der Waals surface area contributed by atoms with Crippen molar-refractivity contribution >= 4 is 17.0 Å². The number of benzene rings is 4. The molecular formula is C36H34N6O5. The number of nitrogens with one attached hydrogen (secondary N) is 1. The number of ether oxygens (including phenoxy) is 3.